The number of ether oxygens (including phenoxy) is 3. The highest BCUT2D eigenvalue weighted by atomic mass is 16.7. The minimum absolute atomic E-state index is 0.180. The molecule has 0 unspecified atom stereocenters. The number of carbonyl (C=O) groups excluding carboxylic acids is 1. The Balaban J connectivity index is 1.31. The minimum atomic E-state index is -0.411. The highest BCUT2D eigenvalue weighted by Crippen LogP contribution is 2.27. The van der Waals surface area contributed by atoms with Gasteiger partial charge in [0.25, 0.3) is 5.91 Å². The van der Waals surface area contributed by atoms with E-state index in [1.165, 1.54) is 0 Å². The fourth-order valence-corrected chi connectivity index (χ4v) is 4.14. The summed E-state index contributed by atoms with van der Waals surface area (Å²) < 4.78 is 18.2. The quantitative estimate of drug-likeness (QED) is 0.363. The van der Waals surface area contributed by atoms with Crippen LogP contribution in [0.15, 0.2) is 61.1 Å². The van der Waals surface area contributed by atoms with Crippen LogP contribution in [0.2, 0.25) is 0 Å². The van der Waals surface area contributed by atoms with E-state index in [9.17, 15) is 4.79 Å². The van der Waals surface area contributed by atoms with Gasteiger partial charge < -0.3 is 30.6 Å². The van der Waals surface area contributed by atoms with Crippen molar-refractivity contribution in [2.24, 2.45) is 5.73 Å². The number of nitrogens with two attached hydrogens (primary N) is 1. The normalized spacial score (nSPS) is 17.6. The van der Waals surface area contributed by atoms with E-state index in [0.717, 1.165) is 28.3 Å². The average Bonchev–Trinajstić information content (AvgIpc) is 3.34. The van der Waals surface area contributed by atoms with Gasteiger partial charge in [-0.1, -0.05) is 0 Å². The first kappa shape index (κ1) is 23.7. The Hall–Kier alpha value is -3.99. The molecule has 4 N–H and O–H groups in total. The molecule has 1 saturated heterocycles. The number of amides is 1. The minimum Gasteiger partial charge on any atom is -0.497 e. The Morgan fingerprint density at radius 3 is 2.64 bits per heavy atom. The lowest BCUT2D eigenvalue weighted by atomic mass is 10.1. The predicted octanol–water partition coefficient (Wildman–Crippen LogP) is 2.89. The van der Waals surface area contributed by atoms with Gasteiger partial charge in [0, 0.05) is 35.8 Å². The number of rotatable bonds is 7. The molecule has 2 aromatic heterocycles. The van der Waals surface area contributed by atoms with Gasteiger partial charge in [-0.25, -0.2) is 9.97 Å². The molecule has 36 heavy (non-hydrogen) atoms. The second-order valence-electron chi connectivity index (χ2n) is 8.50. The summed E-state index contributed by atoms with van der Waals surface area (Å²) in [5, 5.41) is 6.29. The molecule has 3 heterocycles. The van der Waals surface area contributed by atoms with Gasteiger partial charge in [-0.05, 0) is 55.0 Å². The van der Waals surface area contributed by atoms with Crippen molar-refractivity contribution < 1.29 is 19.0 Å². The Morgan fingerprint density at radius 2 is 1.94 bits per heavy atom. The van der Waals surface area contributed by atoms with Crippen molar-refractivity contribution in [2.75, 3.05) is 32.2 Å². The number of imidazole rings is 1. The van der Waals surface area contributed by atoms with Crippen LogP contribution in [0.3, 0.4) is 0 Å². The van der Waals surface area contributed by atoms with Gasteiger partial charge in [-0.15, -0.1) is 0 Å². The first-order valence-electron chi connectivity index (χ1n) is 11.6. The number of hydrogen-bond donors (Lipinski definition) is 3. The molecule has 5 rings (SSSR count). The first-order chi connectivity index (χ1) is 17.6. The van der Waals surface area contributed by atoms with Crippen molar-refractivity contribution in [2.45, 2.75) is 19.3 Å². The molecule has 2 aromatic carbocycles. The fourth-order valence-electron chi connectivity index (χ4n) is 4.14. The Bertz CT molecular complexity index is 1360. The Kier molecular flexibility index (Phi) is 6.81. The number of hydrogen-bond acceptors (Lipinski definition) is 8. The van der Waals surface area contributed by atoms with E-state index in [2.05, 4.69) is 20.6 Å². The monoisotopic (exact) mass is 488 g/mol. The molecule has 1 amide bonds. The second-order valence-corrected chi connectivity index (χ2v) is 8.50. The van der Waals surface area contributed by atoms with Crippen molar-refractivity contribution in [3.05, 3.63) is 72.2 Å². The standard InChI is InChI=1S/C26H28N6O4/c1-16-11-18(5-8-21(16)26(33)31-19-14-35-23(12-27)36-15-19)30-24-25-29-13-22(32(25)10-9-28-24)17-3-6-20(34-2)7-4-17/h3-11,13,19,23H,12,14-15,27H2,1-2H3,(H,28,30)(H,31,33). The number of carbonyl (C=O) groups is 1. The molecule has 0 atom stereocenters. The summed E-state index contributed by atoms with van der Waals surface area (Å²) in [6.07, 6.45) is 5.00. The van der Waals surface area contributed by atoms with Crippen molar-refractivity contribution in [3.8, 4) is 17.0 Å². The maximum absolute atomic E-state index is 12.8. The van der Waals surface area contributed by atoms with Crippen LogP contribution in [-0.4, -0.2) is 59.5 Å². The van der Waals surface area contributed by atoms with Crippen molar-refractivity contribution in [1.82, 2.24) is 19.7 Å². The third-order valence-electron chi connectivity index (χ3n) is 6.04. The highest BCUT2D eigenvalue weighted by molar-refractivity contribution is 5.96. The van der Waals surface area contributed by atoms with E-state index in [4.69, 9.17) is 19.9 Å². The zero-order valence-electron chi connectivity index (χ0n) is 20.1. The summed E-state index contributed by atoms with van der Waals surface area (Å²) in [4.78, 5) is 21.9. The van der Waals surface area contributed by atoms with Gasteiger partial charge in [0.2, 0.25) is 0 Å². The maximum atomic E-state index is 12.8. The number of methoxy groups -OCH3 is 1. The van der Waals surface area contributed by atoms with E-state index in [-0.39, 0.29) is 11.9 Å². The molecule has 10 heteroatoms. The smallest absolute Gasteiger partial charge is 0.251 e. The molecule has 4 aromatic rings. The summed E-state index contributed by atoms with van der Waals surface area (Å²) in [7, 11) is 1.64. The number of aromatic nitrogens is 3. The number of nitrogens with zero attached hydrogens (tertiary/aromatic N) is 3. The van der Waals surface area contributed by atoms with Crippen molar-refractivity contribution >= 4 is 23.1 Å². The second kappa shape index (κ2) is 10.3. The van der Waals surface area contributed by atoms with E-state index in [1.54, 1.807) is 19.4 Å². The molecule has 1 fully saturated rings. The number of fused-ring (bicyclic) bond motifs is 1. The van der Waals surface area contributed by atoms with Crippen LogP contribution in [0, 0.1) is 6.92 Å². The number of nitrogens with one attached hydrogen (secondary N) is 2. The van der Waals surface area contributed by atoms with Gasteiger partial charge in [-0.3, -0.25) is 9.20 Å². The van der Waals surface area contributed by atoms with Crippen LogP contribution in [0.4, 0.5) is 11.5 Å². The maximum Gasteiger partial charge on any atom is 0.251 e. The lowest BCUT2D eigenvalue weighted by molar-refractivity contribution is -0.181. The van der Waals surface area contributed by atoms with Crippen LogP contribution in [-0.2, 0) is 9.47 Å². The highest BCUT2D eigenvalue weighted by Gasteiger charge is 2.23. The van der Waals surface area contributed by atoms with Crippen LogP contribution in [0.1, 0.15) is 15.9 Å². The molecule has 0 bridgehead atoms. The third kappa shape index (κ3) is 4.87. The molecule has 0 saturated carbocycles. The Labute approximate surface area is 208 Å². The summed E-state index contributed by atoms with van der Waals surface area (Å²) >= 11 is 0. The molecule has 0 radical (unpaired) electrons. The average molecular weight is 489 g/mol. The number of anilines is 2. The van der Waals surface area contributed by atoms with Crippen LogP contribution < -0.4 is 21.1 Å². The topological polar surface area (TPSA) is 125 Å². The summed E-state index contributed by atoms with van der Waals surface area (Å²) in [6, 6.07) is 13.1. The largest absolute Gasteiger partial charge is 0.497 e. The van der Waals surface area contributed by atoms with Crippen LogP contribution in [0.5, 0.6) is 5.75 Å². The molecular weight excluding hydrogens is 460 g/mol. The first-order valence-corrected chi connectivity index (χ1v) is 11.6. The number of aryl methyl sites for hydroxylation is 1. The van der Waals surface area contributed by atoms with Gasteiger partial charge in [0.1, 0.15) is 5.75 Å². The van der Waals surface area contributed by atoms with Gasteiger partial charge >= 0.3 is 0 Å². The molecule has 0 aliphatic carbocycles. The fraction of sp³-hybridized carbons (Fsp3) is 0.269. The van der Waals surface area contributed by atoms with Crippen molar-refractivity contribution in [3.63, 3.8) is 0 Å². The molecular formula is C26H28N6O4. The number of benzene rings is 2. The van der Waals surface area contributed by atoms with Gasteiger partial charge in [0.05, 0.1) is 38.3 Å². The molecule has 1 aliphatic rings. The van der Waals surface area contributed by atoms with Gasteiger partial charge in [-0.2, -0.15) is 0 Å². The predicted molar refractivity (Wildman–Crippen MR) is 135 cm³/mol. The zero-order valence-corrected chi connectivity index (χ0v) is 20.1. The van der Waals surface area contributed by atoms with E-state index >= 15 is 0 Å². The van der Waals surface area contributed by atoms with Crippen LogP contribution >= 0.6 is 0 Å². The lowest BCUT2D eigenvalue weighted by Crippen LogP contribution is -2.48. The van der Waals surface area contributed by atoms with E-state index in [0.29, 0.717) is 36.8 Å². The lowest BCUT2D eigenvalue weighted by Gasteiger charge is -2.29. The molecule has 10 nitrogen and oxygen atoms in total. The third-order valence-corrected chi connectivity index (χ3v) is 6.04. The molecule has 1 aliphatic heterocycles. The summed E-state index contributed by atoms with van der Waals surface area (Å²) in [5.74, 6) is 1.23. The molecule has 186 valence electrons. The van der Waals surface area contributed by atoms with E-state index < -0.39 is 6.29 Å². The molecule has 0 spiro atoms. The summed E-state index contributed by atoms with van der Waals surface area (Å²) in [5.41, 5.74) is 10.4. The SMILES string of the molecule is COc1ccc(-c2cnc3c(Nc4ccc(C(=O)NC5COC(CN)OC5)c(C)c4)nccn23)cc1. The summed E-state index contributed by atoms with van der Waals surface area (Å²) in [6.45, 7) is 2.91. The van der Waals surface area contributed by atoms with Crippen molar-refractivity contribution in [1.29, 1.82) is 0 Å². The zero-order chi connectivity index (χ0) is 25.1. The van der Waals surface area contributed by atoms with E-state index in [1.807, 2.05) is 60.1 Å². The van der Waals surface area contributed by atoms with Gasteiger partial charge in [0.15, 0.2) is 17.8 Å². The van der Waals surface area contributed by atoms with Crippen LogP contribution in [0.25, 0.3) is 16.9 Å². The Morgan fingerprint density at radius 1 is 1.17 bits per heavy atom.